The summed E-state index contributed by atoms with van der Waals surface area (Å²) < 4.78 is 8.22. The minimum atomic E-state index is -0.0152. The van der Waals surface area contributed by atoms with Crippen LogP contribution < -0.4 is 5.32 Å². The molecule has 2 saturated heterocycles. The van der Waals surface area contributed by atoms with Crippen molar-refractivity contribution in [1.82, 2.24) is 19.8 Å². The average molecular weight is 419 g/mol. The molecule has 0 unspecified atom stereocenters. The minimum absolute atomic E-state index is 0.0152. The number of rotatable bonds is 5. The van der Waals surface area contributed by atoms with E-state index in [1.807, 2.05) is 18.3 Å². The topological polar surface area (TPSA) is 42.3 Å². The third-order valence-corrected chi connectivity index (χ3v) is 6.34. The van der Waals surface area contributed by atoms with E-state index in [-0.39, 0.29) is 18.2 Å². The largest absolute Gasteiger partial charge is 0.376 e. The molecule has 5 rings (SSSR count). The predicted octanol–water partition coefficient (Wildman–Crippen LogP) is 4.33. The Bertz CT molecular complexity index is 1030. The average Bonchev–Trinajstić information content (AvgIpc) is 3.50. The number of benzene rings is 1. The standard InChI is InChI=1S/C24H26N4OS/c1-17-7-4-8-18(15-17)27-13-5-11-21(27)23-22(20-10-2-3-12-25-20)26-24(30)28(23)16-19-9-6-14-29-19/h2-5,7-8,10-13,15,19,22-23H,6,9,14,16H2,1H3,(H,26,30)/t19-,22-,23-/m1/s1. The Balaban J connectivity index is 1.57. The molecule has 0 amide bonds. The van der Waals surface area contributed by atoms with Crippen molar-refractivity contribution in [2.45, 2.75) is 38.0 Å². The van der Waals surface area contributed by atoms with Crippen LogP contribution in [0.2, 0.25) is 0 Å². The highest BCUT2D eigenvalue weighted by Crippen LogP contribution is 2.40. The first-order valence-corrected chi connectivity index (χ1v) is 11.0. The molecule has 6 heteroatoms. The van der Waals surface area contributed by atoms with Crippen LogP contribution in [-0.4, -0.2) is 38.8 Å². The fourth-order valence-electron chi connectivity index (χ4n) is 4.58. The zero-order valence-corrected chi connectivity index (χ0v) is 17.9. The second-order valence-corrected chi connectivity index (χ2v) is 8.44. The van der Waals surface area contributed by atoms with Crippen molar-refractivity contribution >= 4 is 17.3 Å². The van der Waals surface area contributed by atoms with Crippen molar-refractivity contribution in [3.8, 4) is 5.69 Å². The van der Waals surface area contributed by atoms with E-state index in [2.05, 4.69) is 75.4 Å². The van der Waals surface area contributed by atoms with Crippen LogP contribution in [0.5, 0.6) is 0 Å². The lowest BCUT2D eigenvalue weighted by atomic mass is 10.0. The van der Waals surface area contributed by atoms with Crippen LogP contribution in [0.25, 0.3) is 5.69 Å². The van der Waals surface area contributed by atoms with Gasteiger partial charge >= 0.3 is 0 Å². The third kappa shape index (κ3) is 3.61. The number of aromatic nitrogens is 2. The summed E-state index contributed by atoms with van der Waals surface area (Å²) in [4.78, 5) is 6.95. The minimum Gasteiger partial charge on any atom is -0.376 e. The van der Waals surface area contributed by atoms with Gasteiger partial charge in [0.1, 0.15) is 0 Å². The molecular formula is C24H26N4OS. The molecule has 2 aliphatic rings. The molecule has 5 nitrogen and oxygen atoms in total. The van der Waals surface area contributed by atoms with Crippen LogP contribution in [0.15, 0.2) is 67.0 Å². The maximum Gasteiger partial charge on any atom is 0.170 e. The van der Waals surface area contributed by atoms with Gasteiger partial charge in [-0.15, -0.1) is 0 Å². The molecule has 0 bridgehead atoms. The van der Waals surface area contributed by atoms with Crippen LogP contribution in [0.3, 0.4) is 0 Å². The van der Waals surface area contributed by atoms with E-state index in [1.165, 1.54) is 11.3 Å². The fraction of sp³-hybridized carbons (Fsp3) is 0.333. The van der Waals surface area contributed by atoms with Crippen LogP contribution in [0, 0.1) is 6.92 Å². The normalized spacial score (nSPS) is 23.7. The van der Waals surface area contributed by atoms with Gasteiger partial charge in [0, 0.05) is 36.9 Å². The number of nitrogens with zero attached hydrogens (tertiary/aromatic N) is 3. The molecule has 2 aliphatic heterocycles. The Hall–Kier alpha value is -2.70. The zero-order valence-electron chi connectivity index (χ0n) is 17.1. The lowest BCUT2D eigenvalue weighted by molar-refractivity contribution is 0.0836. The molecule has 1 aromatic carbocycles. The van der Waals surface area contributed by atoms with Crippen molar-refractivity contribution in [3.63, 3.8) is 0 Å². The molecule has 2 aromatic heterocycles. The smallest absolute Gasteiger partial charge is 0.170 e. The summed E-state index contributed by atoms with van der Waals surface area (Å²) in [6.07, 6.45) is 6.40. The van der Waals surface area contributed by atoms with Crippen molar-refractivity contribution in [1.29, 1.82) is 0 Å². The molecule has 3 atom stereocenters. The van der Waals surface area contributed by atoms with Gasteiger partial charge in [-0.25, -0.2) is 0 Å². The van der Waals surface area contributed by atoms with Gasteiger partial charge in [0.15, 0.2) is 5.11 Å². The van der Waals surface area contributed by atoms with Crippen molar-refractivity contribution < 1.29 is 4.74 Å². The summed E-state index contributed by atoms with van der Waals surface area (Å²) in [5.41, 5.74) is 4.59. The van der Waals surface area contributed by atoms with Crippen molar-refractivity contribution in [2.75, 3.05) is 13.2 Å². The van der Waals surface area contributed by atoms with Crippen LogP contribution in [0.4, 0.5) is 0 Å². The van der Waals surface area contributed by atoms with E-state index < -0.39 is 0 Å². The van der Waals surface area contributed by atoms with Crippen LogP contribution in [-0.2, 0) is 4.74 Å². The van der Waals surface area contributed by atoms with Crippen molar-refractivity contribution in [3.05, 3.63) is 83.9 Å². The third-order valence-electron chi connectivity index (χ3n) is 5.99. The van der Waals surface area contributed by atoms with E-state index in [9.17, 15) is 0 Å². The van der Waals surface area contributed by atoms with Gasteiger partial charge in [-0.05, 0) is 73.9 Å². The van der Waals surface area contributed by atoms with Gasteiger partial charge in [-0.2, -0.15) is 0 Å². The zero-order chi connectivity index (χ0) is 20.5. The van der Waals surface area contributed by atoms with Crippen molar-refractivity contribution in [2.24, 2.45) is 0 Å². The Morgan fingerprint density at radius 3 is 2.87 bits per heavy atom. The first-order valence-electron chi connectivity index (χ1n) is 10.5. The molecule has 30 heavy (non-hydrogen) atoms. The van der Waals surface area contributed by atoms with Gasteiger partial charge in [0.05, 0.1) is 23.9 Å². The summed E-state index contributed by atoms with van der Waals surface area (Å²) in [6, 6.07) is 19.0. The first kappa shape index (κ1) is 19.3. The molecule has 1 N–H and O–H groups in total. The van der Waals surface area contributed by atoms with Gasteiger partial charge in [-0.1, -0.05) is 18.2 Å². The highest BCUT2D eigenvalue weighted by molar-refractivity contribution is 7.80. The molecule has 154 valence electrons. The molecule has 0 spiro atoms. The second kappa shape index (κ2) is 8.20. The Morgan fingerprint density at radius 1 is 1.17 bits per heavy atom. The molecule has 2 fully saturated rings. The lowest BCUT2D eigenvalue weighted by Gasteiger charge is -2.30. The lowest BCUT2D eigenvalue weighted by Crippen LogP contribution is -2.36. The van der Waals surface area contributed by atoms with Gasteiger partial charge in [0.2, 0.25) is 0 Å². The fourth-order valence-corrected chi connectivity index (χ4v) is 4.89. The molecule has 4 heterocycles. The number of hydrogen-bond donors (Lipinski definition) is 1. The molecule has 0 aliphatic carbocycles. The highest BCUT2D eigenvalue weighted by Gasteiger charge is 2.42. The monoisotopic (exact) mass is 418 g/mol. The highest BCUT2D eigenvalue weighted by atomic mass is 32.1. The van der Waals surface area contributed by atoms with Crippen LogP contribution >= 0.6 is 12.2 Å². The van der Waals surface area contributed by atoms with E-state index in [1.54, 1.807) is 0 Å². The molecular weight excluding hydrogens is 392 g/mol. The summed E-state index contributed by atoms with van der Waals surface area (Å²) in [6.45, 7) is 3.75. The van der Waals surface area contributed by atoms with Crippen LogP contribution in [0.1, 0.15) is 41.9 Å². The first-order chi connectivity index (χ1) is 14.7. The number of nitrogens with one attached hydrogen (secondary N) is 1. The Labute approximate surface area is 182 Å². The number of aryl methyl sites for hydroxylation is 1. The second-order valence-electron chi connectivity index (χ2n) is 8.06. The van der Waals surface area contributed by atoms with Gasteiger partial charge < -0.3 is 19.5 Å². The number of ether oxygens (including phenoxy) is 1. The summed E-state index contributed by atoms with van der Waals surface area (Å²) in [5, 5.41) is 4.32. The van der Waals surface area contributed by atoms with E-state index in [0.29, 0.717) is 0 Å². The Kier molecular flexibility index (Phi) is 5.27. The molecule has 0 radical (unpaired) electrons. The number of thiocarbonyl (C=S) groups is 1. The maximum absolute atomic E-state index is 5.95. The summed E-state index contributed by atoms with van der Waals surface area (Å²) >= 11 is 5.81. The van der Waals surface area contributed by atoms with E-state index in [4.69, 9.17) is 17.0 Å². The van der Waals surface area contributed by atoms with Gasteiger partial charge in [0.25, 0.3) is 0 Å². The SMILES string of the molecule is Cc1cccc(-n2cccc2[C@@H]2[C@@H](c3ccccn3)NC(=S)N2C[C@H]2CCCO2)c1. The molecule has 3 aromatic rings. The number of hydrogen-bond acceptors (Lipinski definition) is 3. The maximum atomic E-state index is 5.95. The predicted molar refractivity (Wildman–Crippen MR) is 122 cm³/mol. The van der Waals surface area contributed by atoms with E-state index in [0.717, 1.165) is 42.5 Å². The summed E-state index contributed by atoms with van der Waals surface area (Å²) in [7, 11) is 0. The summed E-state index contributed by atoms with van der Waals surface area (Å²) in [5.74, 6) is 0. The Morgan fingerprint density at radius 2 is 2.10 bits per heavy atom. The van der Waals surface area contributed by atoms with Gasteiger partial charge in [-0.3, -0.25) is 4.98 Å². The quantitative estimate of drug-likeness (QED) is 0.625. The molecule has 0 saturated carbocycles. The number of pyridine rings is 1. The van der Waals surface area contributed by atoms with E-state index >= 15 is 0 Å².